The van der Waals surface area contributed by atoms with E-state index in [1.165, 1.54) is 109 Å². The molecule has 3 aliphatic rings. The van der Waals surface area contributed by atoms with Crippen molar-refractivity contribution in [3.05, 3.63) is 217 Å². The van der Waals surface area contributed by atoms with Crippen LogP contribution < -0.4 is 4.90 Å². The van der Waals surface area contributed by atoms with E-state index in [1.54, 1.807) is 5.57 Å². The van der Waals surface area contributed by atoms with E-state index in [2.05, 4.69) is 212 Å². The first-order chi connectivity index (χ1) is 29.7. The van der Waals surface area contributed by atoms with Crippen LogP contribution in [-0.2, 0) is 0 Å². The third kappa shape index (κ3) is 6.32. The molecule has 0 amide bonds. The van der Waals surface area contributed by atoms with E-state index in [0.717, 1.165) is 11.4 Å². The normalized spacial score (nSPS) is 17.9. The van der Waals surface area contributed by atoms with Gasteiger partial charge in [-0.25, -0.2) is 0 Å². The highest BCUT2D eigenvalue weighted by Gasteiger charge is 2.33. The van der Waals surface area contributed by atoms with E-state index in [0.29, 0.717) is 17.8 Å². The second-order valence-electron chi connectivity index (χ2n) is 17.0. The largest absolute Gasteiger partial charge is 0.309 e. The molecular weight excluding hydrogens is 723 g/mol. The molecule has 8 aromatic rings. The maximum absolute atomic E-state index is 2.53. The summed E-state index contributed by atoms with van der Waals surface area (Å²) in [7, 11) is 0. The Labute approximate surface area is 354 Å². The topological polar surface area (TPSA) is 3.24 Å². The van der Waals surface area contributed by atoms with E-state index >= 15 is 0 Å². The molecule has 8 aromatic carbocycles. The molecule has 0 aliphatic heterocycles. The van der Waals surface area contributed by atoms with Crippen LogP contribution in [0.15, 0.2) is 211 Å². The molecular formula is C59H49N. The maximum atomic E-state index is 2.53. The monoisotopic (exact) mass is 771 g/mol. The van der Waals surface area contributed by atoms with E-state index < -0.39 is 0 Å². The fraction of sp³-hybridized carbons (Fsp3) is 0.153. The number of anilines is 3. The Kier molecular flexibility index (Phi) is 9.39. The SMILES string of the molecule is CC1C=CC(c2ccccc2N(c2ccc(-c3cccc4c3ccc3ccccc34)cc2)c2ccccc2-c2cccc3ccccc23)=C2C(C3CCCCC3)=CC=CC21. The van der Waals surface area contributed by atoms with Crippen molar-refractivity contribution in [1.82, 2.24) is 0 Å². The number of para-hydroxylation sites is 2. The lowest BCUT2D eigenvalue weighted by Crippen LogP contribution is -2.23. The summed E-state index contributed by atoms with van der Waals surface area (Å²) in [6.07, 6.45) is 18.7. The van der Waals surface area contributed by atoms with Crippen LogP contribution in [0.1, 0.15) is 44.6 Å². The highest BCUT2D eigenvalue weighted by atomic mass is 15.1. The molecule has 60 heavy (non-hydrogen) atoms. The molecule has 1 heteroatoms. The first kappa shape index (κ1) is 36.4. The van der Waals surface area contributed by atoms with Crippen molar-refractivity contribution in [2.75, 3.05) is 4.90 Å². The van der Waals surface area contributed by atoms with Gasteiger partial charge in [0, 0.05) is 22.7 Å². The lowest BCUT2D eigenvalue weighted by atomic mass is 9.68. The average Bonchev–Trinajstić information content (AvgIpc) is 3.32. The van der Waals surface area contributed by atoms with Gasteiger partial charge in [0.2, 0.25) is 0 Å². The van der Waals surface area contributed by atoms with Crippen LogP contribution in [0.3, 0.4) is 0 Å². The molecule has 3 aliphatic carbocycles. The van der Waals surface area contributed by atoms with Gasteiger partial charge >= 0.3 is 0 Å². The minimum atomic E-state index is 0.369. The van der Waals surface area contributed by atoms with Gasteiger partial charge in [0.15, 0.2) is 0 Å². The molecule has 0 aromatic heterocycles. The molecule has 2 unspecified atom stereocenters. The third-order valence-electron chi connectivity index (χ3n) is 13.6. The third-order valence-corrected chi connectivity index (χ3v) is 13.6. The van der Waals surface area contributed by atoms with Crippen LogP contribution in [-0.4, -0.2) is 0 Å². The predicted octanol–water partition coefficient (Wildman–Crippen LogP) is 16.6. The maximum Gasteiger partial charge on any atom is 0.0540 e. The van der Waals surface area contributed by atoms with Crippen molar-refractivity contribution in [2.24, 2.45) is 17.8 Å². The second kappa shape index (κ2) is 15.5. The number of fused-ring (bicyclic) bond motifs is 5. The fourth-order valence-electron chi connectivity index (χ4n) is 10.6. The smallest absolute Gasteiger partial charge is 0.0540 e. The van der Waals surface area contributed by atoms with Gasteiger partial charge in [-0.1, -0.05) is 202 Å². The number of hydrogen-bond donors (Lipinski definition) is 0. The standard InChI is InChI=1S/C59H49N/c1-40-32-38-56(59-46(40)25-14-27-50(59)42-16-3-2-4-17-42)55-24-10-12-31-58(55)60(57-30-11-9-23-54(57)52-28-13-20-41-18-5-7-21-47(41)52)45-36-33-44(34-37-45)49-26-15-29-51-48-22-8-6-19-43(48)35-39-53(49)51/h5-15,18-40,42,46H,2-4,16-17H2,1H3. The summed E-state index contributed by atoms with van der Waals surface area (Å²) in [5, 5.41) is 7.63. The minimum absolute atomic E-state index is 0.369. The number of rotatable bonds is 7. The van der Waals surface area contributed by atoms with Crippen LogP contribution >= 0.6 is 0 Å². The molecule has 1 nitrogen and oxygen atoms in total. The highest BCUT2D eigenvalue weighted by Crippen LogP contribution is 2.51. The van der Waals surface area contributed by atoms with Gasteiger partial charge < -0.3 is 4.90 Å². The second-order valence-corrected chi connectivity index (χ2v) is 17.0. The summed E-state index contributed by atoms with van der Waals surface area (Å²) in [4.78, 5) is 2.53. The summed E-state index contributed by atoms with van der Waals surface area (Å²) in [5.41, 5.74) is 14.1. The molecule has 290 valence electrons. The molecule has 11 rings (SSSR count). The molecule has 0 heterocycles. The Bertz CT molecular complexity index is 3030. The van der Waals surface area contributed by atoms with Crippen LogP contribution in [0.25, 0.3) is 60.1 Å². The van der Waals surface area contributed by atoms with E-state index in [-0.39, 0.29) is 0 Å². The molecule has 1 fully saturated rings. The van der Waals surface area contributed by atoms with E-state index in [1.807, 2.05) is 0 Å². The van der Waals surface area contributed by atoms with E-state index in [9.17, 15) is 0 Å². The van der Waals surface area contributed by atoms with Crippen LogP contribution in [0, 0.1) is 17.8 Å². The molecule has 0 saturated heterocycles. The summed E-state index contributed by atoms with van der Waals surface area (Å²) in [5.74, 6) is 1.43. The van der Waals surface area contributed by atoms with Crippen molar-refractivity contribution in [3.8, 4) is 22.3 Å². The fourth-order valence-corrected chi connectivity index (χ4v) is 10.6. The minimum Gasteiger partial charge on any atom is -0.309 e. The first-order valence-corrected chi connectivity index (χ1v) is 22.0. The summed E-state index contributed by atoms with van der Waals surface area (Å²) in [6, 6.07) is 63.0. The van der Waals surface area contributed by atoms with Crippen LogP contribution in [0.4, 0.5) is 17.1 Å². The van der Waals surface area contributed by atoms with Gasteiger partial charge in [0.1, 0.15) is 0 Å². The van der Waals surface area contributed by atoms with Crippen molar-refractivity contribution in [3.63, 3.8) is 0 Å². The zero-order chi connectivity index (χ0) is 40.0. The quantitative estimate of drug-likeness (QED) is 0.146. The zero-order valence-corrected chi connectivity index (χ0v) is 34.3. The highest BCUT2D eigenvalue weighted by molar-refractivity contribution is 6.12. The molecule has 1 saturated carbocycles. The summed E-state index contributed by atoms with van der Waals surface area (Å²) >= 11 is 0. The Morgan fingerprint density at radius 3 is 1.90 bits per heavy atom. The van der Waals surface area contributed by atoms with Gasteiger partial charge in [-0.15, -0.1) is 0 Å². The Balaban J connectivity index is 1.12. The van der Waals surface area contributed by atoms with Gasteiger partial charge in [0.25, 0.3) is 0 Å². The van der Waals surface area contributed by atoms with Gasteiger partial charge in [0.05, 0.1) is 11.4 Å². The van der Waals surface area contributed by atoms with E-state index in [4.69, 9.17) is 0 Å². The predicted molar refractivity (Wildman–Crippen MR) is 257 cm³/mol. The number of hydrogen-bond acceptors (Lipinski definition) is 1. The molecule has 0 spiro atoms. The molecule has 0 N–H and O–H groups in total. The average molecular weight is 772 g/mol. The number of nitrogens with zero attached hydrogens (tertiary/aromatic N) is 1. The lowest BCUT2D eigenvalue weighted by Gasteiger charge is -2.37. The van der Waals surface area contributed by atoms with Crippen LogP contribution in [0.5, 0.6) is 0 Å². The van der Waals surface area contributed by atoms with Gasteiger partial charge in [-0.2, -0.15) is 0 Å². The first-order valence-electron chi connectivity index (χ1n) is 22.0. The number of allylic oxidation sites excluding steroid dienone is 8. The lowest BCUT2D eigenvalue weighted by molar-refractivity contribution is 0.398. The van der Waals surface area contributed by atoms with Crippen molar-refractivity contribution in [1.29, 1.82) is 0 Å². The Hall–Kier alpha value is -6.70. The van der Waals surface area contributed by atoms with Crippen molar-refractivity contribution in [2.45, 2.75) is 39.0 Å². The molecule has 0 radical (unpaired) electrons. The van der Waals surface area contributed by atoms with Crippen molar-refractivity contribution >= 4 is 55.0 Å². The summed E-state index contributed by atoms with van der Waals surface area (Å²) < 4.78 is 0. The van der Waals surface area contributed by atoms with Gasteiger partial charge in [-0.05, 0) is 115 Å². The Morgan fingerprint density at radius 1 is 0.467 bits per heavy atom. The van der Waals surface area contributed by atoms with Gasteiger partial charge in [-0.3, -0.25) is 0 Å². The Morgan fingerprint density at radius 2 is 1.08 bits per heavy atom. The van der Waals surface area contributed by atoms with Crippen molar-refractivity contribution < 1.29 is 0 Å². The number of benzene rings is 8. The summed E-state index contributed by atoms with van der Waals surface area (Å²) in [6.45, 7) is 2.39. The zero-order valence-electron chi connectivity index (χ0n) is 34.3. The molecule has 2 atom stereocenters. The molecule has 0 bridgehead atoms. The van der Waals surface area contributed by atoms with Crippen LogP contribution in [0.2, 0.25) is 0 Å².